The van der Waals surface area contributed by atoms with Crippen LogP contribution in [0.15, 0.2) is 30.3 Å². The molecule has 2 rings (SSSR count). The van der Waals surface area contributed by atoms with Crippen molar-refractivity contribution in [3.63, 3.8) is 0 Å². The first-order valence-corrected chi connectivity index (χ1v) is 6.33. The van der Waals surface area contributed by atoms with Crippen LogP contribution in [-0.4, -0.2) is 11.1 Å². The normalized spacial score (nSPS) is 12.2. The molecule has 0 aliphatic heterocycles. The molecule has 2 N–H and O–H groups in total. The Hall–Kier alpha value is -1.28. The molecule has 0 aliphatic rings. The third kappa shape index (κ3) is 2.37. The van der Waals surface area contributed by atoms with Crippen molar-refractivity contribution in [1.29, 1.82) is 0 Å². The second-order valence-electron chi connectivity index (χ2n) is 5.63. The number of hydrogen-bond acceptors (Lipinski definition) is 1. The van der Waals surface area contributed by atoms with Crippen LogP contribution >= 0.6 is 0 Å². The Balaban J connectivity index is 2.57. The number of benzene rings is 1. The van der Waals surface area contributed by atoms with E-state index in [-0.39, 0.29) is 5.41 Å². The molecule has 1 aromatic heterocycles. The molecule has 0 fully saturated rings. The fourth-order valence-electron chi connectivity index (χ4n) is 2.32. The number of para-hydroxylation sites is 1. The van der Waals surface area contributed by atoms with Gasteiger partial charge in [0.05, 0.1) is 0 Å². The lowest BCUT2D eigenvalue weighted by Crippen LogP contribution is -2.18. The highest BCUT2D eigenvalue weighted by atomic mass is 15.0. The summed E-state index contributed by atoms with van der Waals surface area (Å²) in [4.78, 5) is 0. The van der Waals surface area contributed by atoms with Crippen LogP contribution in [0.3, 0.4) is 0 Å². The maximum Gasteiger partial charge on any atom is 0.0482 e. The van der Waals surface area contributed by atoms with Gasteiger partial charge in [0.1, 0.15) is 0 Å². The van der Waals surface area contributed by atoms with E-state index in [1.54, 1.807) is 0 Å². The Bertz CT molecular complexity index is 503. The van der Waals surface area contributed by atoms with Gasteiger partial charge in [0.25, 0.3) is 0 Å². The van der Waals surface area contributed by atoms with Crippen LogP contribution in [0, 0.1) is 0 Å². The van der Waals surface area contributed by atoms with Crippen molar-refractivity contribution in [3.05, 3.63) is 36.0 Å². The zero-order chi connectivity index (χ0) is 12.5. The van der Waals surface area contributed by atoms with E-state index in [0.29, 0.717) is 0 Å². The Morgan fingerprint density at radius 1 is 1.18 bits per heavy atom. The molecule has 2 aromatic rings. The molecule has 0 saturated heterocycles. The van der Waals surface area contributed by atoms with Gasteiger partial charge >= 0.3 is 0 Å². The van der Waals surface area contributed by atoms with Crippen LogP contribution in [0.2, 0.25) is 0 Å². The number of aryl methyl sites for hydroxylation is 1. The van der Waals surface area contributed by atoms with Crippen LogP contribution in [0.1, 0.15) is 32.9 Å². The van der Waals surface area contributed by atoms with E-state index >= 15 is 0 Å². The fourth-order valence-corrected chi connectivity index (χ4v) is 2.32. The van der Waals surface area contributed by atoms with Gasteiger partial charge in [-0.2, -0.15) is 0 Å². The molecule has 0 aliphatic carbocycles. The number of rotatable bonds is 3. The van der Waals surface area contributed by atoms with Gasteiger partial charge in [-0.15, -0.1) is 0 Å². The van der Waals surface area contributed by atoms with Crippen LogP contribution in [0.5, 0.6) is 0 Å². The highest BCUT2D eigenvalue weighted by Gasteiger charge is 2.20. The van der Waals surface area contributed by atoms with Crippen molar-refractivity contribution < 1.29 is 0 Å². The predicted molar refractivity (Wildman–Crippen MR) is 74.3 cm³/mol. The molecular weight excluding hydrogens is 208 g/mol. The third-order valence-corrected chi connectivity index (χ3v) is 3.16. The number of nitrogens with zero attached hydrogens (tertiary/aromatic N) is 1. The van der Waals surface area contributed by atoms with E-state index in [0.717, 1.165) is 19.5 Å². The van der Waals surface area contributed by atoms with Crippen LogP contribution in [-0.2, 0) is 12.0 Å². The molecule has 0 atom stereocenters. The predicted octanol–water partition coefficient (Wildman–Crippen LogP) is 3.29. The zero-order valence-corrected chi connectivity index (χ0v) is 11.0. The van der Waals surface area contributed by atoms with Crippen molar-refractivity contribution in [2.24, 2.45) is 5.73 Å². The topological polar surface area (TPSA) is 30.9 Å². The lowest BCUT2D eigenvalue weighted by Gasteiger charge is -2.22. The highest BCUT2D eigenvalue weighted by molar-refractivity contribution is 5.81. The molecule has 1 heterocycles. The van der Waals surface area contributed by atoms with E-state index in [1.165, 1.54) is 16.6 Å². The molecule has 2 heteroatoms. The highest BCUT2D eigenvalue weighted by Crippen LogP contribution is 2.29. The van der Waals surface area contributed by atoms with E-state index in [1.807, 2.05) is 0 Å². The minimum absolute atomic E-state index is 0.174. The molecule has 0 bridgehead atoms. The van der Waals surface area contributed by atoms with Crippen LogP contribution < -0.4 is 5.73 Å². The summed E-state index contributed by atoms with van der Waals surface area (Å²) in [6.07, 6.45) is 1.03. The first-order valence-electron chi connectivity index (χ1n) is 6.33. The number of fused-ring (bicyclic) bond motifs is 1. The minimum Gasteiger partial charge on any atom is -0.344 e. The maximum absolute atomic E-state index is 5.63. The van der Waals surface area contributed by atoms with E-state index in [4.69, 9.17) is 5.73 Å². The summed E-state index contributed by atoms with van der Waals surface area (Å²) in [5.41, 5.74) is 8.53. The molecule has 0 spiro atoms. The van der Waals surface area contributed by atoms with Crippen molar-refractivity contribution >= 4 is 10.9 Å². The van der Waals surface area contributed by atoms with Crippen molar-refractivity contribution in [3.8, 4) is 0 Å². The molecule has 0 saturated carbocycles. The number of hydrogen-bond donors (Lipinski definition) is 1. The lowest BCUT2D eigenvalue weighted by molar-refractivity contribution is 0.516. The zero-order valence-electron chi connectivity index (χ0n) is 11.0. The van der Waals surface area contributed by atoms with Crippen molar-refractivity contribution in [2.45, 2.75) is 39.2 Å². The Kier molecular flexibility index (Phi) is 3.25. The van der Waals surface area contributed by atoms with Gasteiger partial charge < -0.3 is 10.3 Å². The molecule has 1 aromatic carbocycles. The molecule has 17 heavy (non-hydrogen) atoms. The summed E-state index contributed by atoms with van der Waals surface area (Å²) in [6, 6.07) is 10.9. The Morgan fingerprint density at radius 3 is 2.53 bits per heavy atom. The molecule has 2 nitrogen and oxygen atoms in total. The third-order valence-electron chi connectivity index (χ3n) is 3.16. The van der Waals surface area contributed by atoms with Gasteiger partial charge in [-0.25, -0.2) is 0 Å². The largest absolute Gasteiger partial charge is 0.344 e. The summed E-state index contributed by atoms with van der Waals surface area (Å²) < 4.78 is 2.42. The molecule has 0 radical (unpaired) electrons. The molecule has 0 amide bonds. The van der Waals surface area contributed by atoms with Gasteiger partial charge in [0.15, 0.2) is 0 Å². The molecular formula is C15H22N2. The number of nitrogens with two attached hydrogens (primary N) is 1. The van der Waals surface area contributed by atoms with Crippen LogP contribution in [0.25, 0.3) is 10.9 Å². The standard InChI is InChI=1S/C15H22N2/c1-15(2,3)14-11-12-7-4-5-8-13(12)17(14)10-6-9-16/h4-5,7-8,11H,6,9-10,16H2,1-3H3. The fraction of sp³-hybridized carbons (Fsp3) is 0.467. The first-order chi connectivity index (χ1) is 8.04. The summed E-state index contributed by atoms with van der Waals surface area (Å²) in [7, 11) is 0. The molecule has 92 valence electrons. The smallest absolute Gasteiger partial charge is 0.0482 e. The second-order valence-corrected chi connectivity index (χ2v) is 5.63. The molecule has 0 unspecified atom stereocenters. The average Bonchev–Trinajstić information content (AvgIpc) is 2.65. The van der Waals surface area contributed by atoms with E-state index in [2.05, 4.69) is 55.7 Å². The summed E-state index contributed by atoms with van der Waals surface area (Å²) >= 11 is 0. The second kappa shape index (κ2) is 4.53. The monoisotopic (exact) mass is 230 g/mol. The van der Waals surface area contributed by atoms with Gasteiger partial charge in [-0.3, -0.25) is 0 Å². The Morgan fingerprint density at radius 2 is 1.88 bits per heavy atom. The van der Waals surface area contributed by atoms with Gasteiger partial charge in [0, 0.05) is 23.2 Å². The SMILES string of the molecule is CC(C)(C)c1cc2ccccc2n1CCCN. The number of aromatic nitrogens is 1. The van der Waals surface area contributed by atoms with Crippen LogP contribution in [0.4, 0.5) is 0 Å². The minimum atomic E-state index is 0.174. The van der Waals surface area contributed by atoms with E-state index < -0.39 is 0 Å². The van der Waals surface area contributed by atoms with Gasteiger partial charge in [-0.1, -0.05) is 39.0 Å². The summed E-state index contributed by atoms with van der Waals surface area (Å²) in [6.45, 7) is 8.55. The van der Waals surface area contributed by atoms with Gasteiger partial charge in [0.2, 0.25) is 0 Å². The van der Waals surface area contributed by atoms with Crippen molar-refractivity contribution in [2.75, 3.05) is 6.54 Å². The Labute approximate surface area is 103 Å². The lowest BCUT2D eigenvalue weighted by atomic mass is 9.92. The summed E-state index contributed by atoms with van der Waals surface area (Å²) in [5.74, 6) is 0. The van der Waals surface area contributed by atoms with Gasteiger partial charge in [-0.05, 0) is 30.5 Å². The first kappa shape index (κ1) is 12.2. The van der Waals surface area contributed by atoms with E-state index in [9.17, 15) is 0 Å². The quantitative estimate of drug-likeness (QED) is 0.862. The maximum atomic E-state index is 5.63. The summed E-state index contributed by atoms with van der Waals surface area (Å²) in [5, 5.41) is 1.33. The van der Waals surface area contributed by atoms with Crippen molar-refractivity contribution in [1.82, 2.24) is 4.57 Å². The average molecular weight is 230 g/mol.